The topological polar surface area (TPSA) is 101 Å². The van der Waals surface area contributed by atoms with E-state index >= 15 is 0 Å². The van der Waals surface area contributed by atoms with Crippen LogP contribution in [0.1, 0.15) is 62.1 Å². The monoisotopic (exact) mass is 643 g/mol. The van der Waals surface area contributed by atoms with E-state index in [9.17, 15) is 24.6 Å². The van der Waals surface area contributed by atoms with Crippen LogP contribution in [-0.2, 0) is 33.1 Å². The third-order valence-corrected chi connectivity index (χ3v) is 9.19. The van der Waals surface area contributed by atoms with Crippen LogP contribution in [0.5, 0.6) is 0 Å². The molecule has 9 heteroatoms. The summed E-state index contributed by atoms with van der Waals surface area (Å²) in [4.78, 5) is 44.8. The molecule has 1 fully saturated rings. The highest BCUT2D eigenvalue weighted by Crippen LogP contribution is 2.46. The molecule has 242 valence electrons. The Hall–Kier alpha value is -3.98. The van der Waals surface area contributed by atoms with Crippen molar-refractivity contribution in [1.82, 2.24) is 4.90 Å². The Morgan fingerprint density at radius 2 is 1.74 bits per heavy atom. The smallest absolute Gasteiger partial charge is 0.264 e. The first-order chi connectivity index (χ1) is 22.2. The summed E-state index contributed by atoms with van der Waals surface area (Å²) in [6, 6.07) is 22.3. The number of hydrogen-bond donors (Lipinski definition) is 2. The summed E-state index contributed by atoms with van der Waals surface area (Å²) >= 11 is 6.35. The Balaban J connectivity index is 1.30. The second kappa shape index (κ2) is 15.1. The quantitative estimate of drug-likeness (QED) is 0.251. The molecule has 2 heterocycles. The molecule has 0 spiro atoms. The molecule has 0 aliphatic carbocycles. The standard InChI is InChI=1S/C37H42ClN3O5/c1-27(10-9-14-34(43)39(22-23-42)25-28-11-5-4-6-12-28)37(46)32-24-30(38)17-20-33(32)41(36(37)45)26-29-15-18-31(19-16-29)40-21-8-3-2-7-13-35(40)44/h4-6,9-12,15-20,24,27,42,46H,2-3,7-8,13-14,21-23,25-26H2,1H3/b10-9+/t27-,37+/m1/s1. The third-order valence-electron chi connectivity index (χ3n) is 8.96. The van der Waals surface area contributed by atoms with Crippen molar-refractivity contribution in [3.8, 4) is 0 Å². The van der Waals surface area contributed by atoms with Crippen LogP contribution >= 0.6 is 11.6 Å². The van der Waals surface area contributed by atoms with Crippen molar-refractivity contribution in [1.29, 1.82) is 0 Å². The van der Waals surface area contributed by atoms with Crippen LogP contribution in [0.25, 0.3) is 0 Å². The minimum absolute atomic E-state index is 0.0550. The number of nitrogens with zero attached hydrogens (tertiary/aromatic N) is 3. The third kappa shape index (κ3) is 7.35. The van der Waals surface area contributed by atoms with E-state index in [-0.39, 0.29) is 37.9 Å². The summed E-state index contributed by atoms with van der Waals surface area (Å²) in [5, 5.41) is 21.9. The average molecular weight is 644 g/mol. The molecule has 8 nitrogen and oxygen atoms in total. The van der Waals surface area contributed by atoms with E-state index in [0.29, 0.717) is 35.8 Å². The van der Waals surface area contributed by atoms with Gasteiger partial charge in [-0.3, -0.25) is 14.4 Å². The van der Waals surface area contributed by atoms with E-state index in [4.69, 9.17) is 11.6 Å². The highest BCUT2D eigenvalue weighted by Gasteiger charge is 2.52. The first kappa shape index (κ1) is 33.4. The van der Waals surface area contributed by atoms with E-state index in [0.717, 1.165) is 42.5 Å². The van der Waals surface area contributed by atoms with E-state index < -0.39 is 17.4 Å². The molecule has 0 unspecified atom stereocenters. The molecular formula is C37H42ClN3O5. The molecular weight excluding hydrogens is 602 g/mol. The predicted molar refractivity (Wildman–Crippen MR) is 180 cm³/mol. The number of carbonyl (C=O) groups is 3. The first-order valence-electron chi connectivity index (χ1n) is 16.0. The lowest BCUT2D eigenvalue weighted by atomic mass is 9.83. The van der Waals surface area contributed by atoms with Gasteiger partial charge >= 0.3 is 0 Å². The van der Waals surface area contributed by atoms with Crippen LogP contribution in [0.2, 0.25) is 5.02 Å². The Morgan fingerprint density at radius 1 is 1.00 bits per heavy atom. The normalized spacial score (nSPS) is 19.2. The fourth-order valence-corrected chi connectivity index (χ4v) is 6.50. The van der Waals surface area contributed by atoms with Gasteiger partial charge < -0.3 is 24.9 Å². The van der Waals surface area contributed by atoms with Crippen LogP contribution < -0.4 is 9.80 Å². The highest BCUT2D eigenvalue weighted by molar-refractivity contribution is 6.31. The zero-order valence-corrected chi connectivity index (χ0v) is 27.0. The molecule has 5 rings (SSSR count). The molecule has 2 atom stereocenters. The summed E-state index contributed by atoms with van der Waals surface area (Å²) in [5.41, 5.74) is 1.78. The van der Waals surface area contributed by atoms with Gasteiger partial charge in [0.1, 0.15) is 0 Å². The van der Waals surface area contributed by atoms with Gasteiger partial charge in [-0.25, -0.2) is 0 Å². The van der Waals surface area contributed by atoms with Gasteiger partial charge in [-0.15, -0.1) is 0 Å². The number of rotatable bonds is 11. The van der Waals surface area contributed by atoms with Gasteiger partial charge in [0.15, 0.2) is 5.60 Å². The average Bonchev–Trinajstić information content (AvgIpc) is 3.25. The maximum Gasteiger partial charge on any atom is 0.264 e. The largest absolute Gasteiger partial charge is 0.395 e. The van der Waals surface area contributed by atoms with E-state index in [1.54, 1.807) is 47.1 Å². The second-order valence-corrected chi connectivity index (χ2v) is 12.6. The zero-order valence-electron chi connectivity index (χ0n) is 26.3. The van der Waals surface area contributed by atoms with Crippen molar-refractivity contribution in [2.45, 2.75) is 64.1 Å². The number of amides is 3. The molecule has 2 aliphatic rings. The van der Waals surface area contributed by atoms with Gasteiger partial charge in [0.25, 0.3) is 5.91 Å². The number of hydrogen-bond acceptors (Lipinski definition) is 5. The minimum atomic E-state index is -1.88. The van der Waals surface area contributed by atoms with Gasteiger partial charge in [-0.2, -0.15) is 0 Å². The van der Waals surface area contributed by atoms with Crippen molar-refractivity contribution in [2.24, 2.45) is 5.92 Å². The highest BCUT2D eigenvalue weighted by atomic mass is 35.5. The molecule has 0 saturated carbocycles. The molecule has 46 heavy (non-hydrogen) atoms. The summed E-state index contributed by atoms with van der Waals surface area (Å²) < 4.78 is 0. The number of fused-ring (bicyclic) bond motifs is 1. The minimum Gasteiger partial charge on any atom is -0.395 e. The first-order valence-corrected chi connectivity index (χ1v) is 16.4. The van der Waals surface area contributed by atoms with Crippen molar-refractivity contribution < 1.29 is 24.6 Å². The summed E-state index contributed by atoms with van der Waals surface area (Å²) in [5.74, 6) is -1.17. The Labute approximate surface area is 275 Å². The molecule has 3 aromatic carbocycles. The SMILES string of the molecule is C[C@H](/C=C/CC(=O)N(CCO)Cc1ccccc1)[C@@]1(O)C(=O)N(Cc2ccc(N3CCCCCCC3=O)cc2)c2ccc(Cl)cc21. The molecule has 0 bridgehead atoms. The molecule has 3 aromatic rings. The lowest BCUT2D eigenvalue weighted by Gasteiger charge is -2.28. The fourth-order valence-electron chi connectivity index (χ4n) is 6.33. The van der Waals surface area contributed by atoms with Crippen LogP contribution in [0.15, 0.2) is 84.9 Å². The van der Waals surface area contributed by atoms with Gasteiger partial charge in [-0.05, 0) is 54.3 Å². The second-order valence-electron chi connectivity index (χ2n) is 12.1. The van der Waals surface area contributed by atoms with Gasteiger partial charge in [0.2, 0.25) is 11.8 Å². The van der Waals surface area contributed by atoms with Crippen LogP contribution in [0.4, 0.5) is 11.4 Å². The van der Waals surface area contributed by atoms with Crippen LogP contribution in [0.3, 0.4) is 0 Å². The van der Waals surface area contributed by atoms with Gasteiger partial charge in [0.05, 0.1) is 18.8 Å². The summed E-state index contributed by atoms with van der Waals surface area (Å²) in [6.45, 7) is 3.11. The number of aliphatic hydroxyl groups is 2. The maximum atomic E-state index is 14.0. The van der Waals surface area contributed by atoms with Crippen molar-refractivity contribution >= 4 is 40.7 Å². The number of anilines is 2. The molecule has 0 aromatic heterocycles. The van der Waals surface area contributed by atoms with E-state index in [1.807, 2.05) is 59.5 Å². The Morgan fingerprint density at radius 3 is 2.48 bits per heavy atom. The molecule has 3 amide bonds. The van der Waals surface area contributed by atoms with Gasteiger partial charge in [-0.1, -0.05) is 86.0 Å². The number of carbonyl (C=O) groups excluding carboxylic acids is 3. The Bertz CT molecular complexity index is 1560. The molecule has 1 saturated heterocycles. The lowest BCUT2D eigenvalue weighted by Crippen LogP contribution is -2.44. The van der Waals surface area contributed by atoms with Crippen molar-refractivity contribution in [3.05, 3.63) is 107 Å². The summed E-state index contributed by atoms with van der Waals surface area (Å²) in [7, 11) is 0. The van der Waals surface area contributed by atoms with E-state index in [1.165, 1.54) is 0 Å². The lowest BCUT2D eigenvalue weighted by molar-refractivity contribution is -0.139. The maximum absolute atomic E-state index is 14.0. The van der Waals surface area contributed by atoms with Crippen molar-refractivity contribution in [2.75, 3.05) is 29.5 Å². The number of aliphatic hydroxyl groups excluding tert-OH is 1. The summed E-state index contributed by atoms with van der Waals surface area (Å²) in [6.07, 6.45) is 8.07. The molecule has 2 aliphatic heterocycles. The molecule has 2 N–H and O–H groups in total. The van der Waals surface area contributed by atoms with Crippen molar-refractivity contribution in [3.63, 3.8) is 0 Å². The molecule has 0 radical (unpaired) electrons. The Kier molecular flexibility index (Phi) is 10.9. The van der Waals surface area contributed by atoms with Gasteiger partial charge in [0, 0.05) is 54.7 Å². The fraction of sp³-hybridized carbons (Fsp3) is 0.378. The van der Waals surface area contributed by atoms with E-state index in [2.05, 4.69) is 0 Å². The number of benzene rings is 3. The zero-order chi connectivity index (χ0) is 32.7. The van der Waals surface area contributed by atoms with Crippen LogP contribution in [0, 0.1) is 5.92 Å². The predicted octanol–water partition coefficient (Wildman–Crippen LogP) is 5.98. The number of halogens is 1. The van der Waals surface area contributed by atoms with Crippen LogP contribution in [-0.4, -0.2) is 52.5 Å².